The monoisotopic (exact) mass is 348 g/mol. The Kier molecular flexibility index (Phi) is 4.76. The molecule has 0 radical (unpaired) electrons. The van der Waals surface area contributed by atoms with Gasteiger partial charge in [0.2, 0.25) is 0 Å². The summed E-state index contributed by atoms with van der Waals surface area (Å²) in [5, 5.41) is 4.78. The summed E-state index contributed by atoms with van der Waals surface area (Å²) in [5.41, 5.74) is -0.963. The largest absolute Gasteiger partial charge is 0.478 e. The zero-order chi connectivity index (χ0) is 17.2. The summed E-state index contributed by atoms with van der Waals surface area (Å²) >= 11 is 5.99. The first-order valence-electron chi connectivity index (χ1n) is 8.04. The second-order valence-corrected chi connectivity index (χ2v) is 6.93. The highest BCUT2D eigenvalue weighted by Gasteiger charge is 2.37. The lowest BCUT2D eigenvalue weighted by molar-refractivity contribution is -0.147. The third kappa shape index (κ3) is 3.70. The number of rotatable bonds is 4. The summed E-state index contributed by atoms with van der Waals surface area (Å²) in [5.74, 6) is 0.554. The zero-order valence-electron chi connectivity index (χ0n) is 13.9. The van der Waals surface area contributed by atoms with Crippen molar-refractivity contribution in [1.29, 1.82) is 0 Å². The quantitative estimate of drug-likeness (QED) is 0.852. The van der Waals surface area contributed by atoms with Gasteiger partial charge in [-0.25, -0.2) is 9.67 Å². The first-order valence-corrected chi connectivity index (χ1v) is 8.41. The topological polar surface area (TPSA) is 60.2 Å². The number of nitrogens with zero attached hydrogens (tertiary/aromatic N) is 4. The molecule has 0 bridgehead atoms. The number of carbonyl (C=O) groups excluding carboxylic acids is 1. The van der Waals surface area contributed by atoms with E-state index in [1.165, 1.54) is 6.33 Å². The van der Waals surface area contributed by atoms with Crippen molar-refractivity contribution < 1.29 is 9.53 Å². The maximum atomic E-state index is 12.9. The van der Waals surface area contributed by atoms with Crippen molar-refractivity contribution in [3.63, 3.8) is 0 Å². The van der Waals surface area contributed by atoms with E-state index in [9.17, 15) is 4.79 Å². The highest BCUT2D eigenvalue weighted by Crippen LogP contribution is 2.26. The van der Waals surface area contributed by atoms with Gasteiger partial charge < -0.3 is 9.64 Å². The highest BCUT2D eigenvalue weighted by atomic mass is 35.5. The molecule has 1 aromatic carbocycles. The van der Waals surface area contributed by atoms with E-state index in [0.717, 1.165) is 19.4 Å². The number of hydrogen-bond donors (Lipinski definition) is 0. The van der Waals surface area contributed by atoms with Gasteiger partial charge in [-0.2, -0.15) is 5.10 Å². The summed E-state index contributed by atoms with van der Waals surface area (Å²) in [6.07, 6.45) is 5.14. The molecule has 6 nitrogen and oxygen atoms in total. The van der Waals surface area contributed by atoms with Crippen LogP contribution in [0.2, 0.25) is 5.02 Å². The van der Waals surface area contributed by atoms with Crippen LogP contribution in [0.5, 0.6) is 5.75 Å². The molecule has 7 heteroatoms. The minimum Gasteiger partial charge on any atom is -0.478 e. The van der Waals surface area contributed by atoms with Crippen LogP contribution in [-0.2, 0) is 4.79 Å². The van der Waals surface area contributed by atoms with E-state index in [0.29, 0.717) is 17.3 Å². The Bertz CT molecular complexity index is 702. The second kappa shape index (κ2) is 6.81. The van der Waals surface area contributed by atoms with Crippen molar-refractivity contribution in [2.45, 2.75) is 38.3 Å². The van der Waals surface area contributed by atoms with Crippen molar-refractivity contribution in [3.8, 4) is 5.75 Å². The Hall–Kier alpha value is -2.08. The Morgan fingerprint density at radius 3 is 2.96 bits per heavy atom. The number of halogens is 1. The minimum absolute atomic E-state index is 0.0349. The molecule has 1 saturated heterocycles. The average Bonchev–Trinajstić information content (AvgIpc) is 3.08. The molecular weight excluding hydrogens is 328 g/mol. The van der Waals surface area contributed by atoms with Crippen LogP contribution in [0.3, 0.4) is 0 Å². The van der Waals surface area contributed by atoms with Crippen LogP contribution in [0.1, 0.15) is 32.7 Å². The Labute approximate surface area is 146 Å². The van der Waals surface area contributed by atoms with Crippen LogP contribution in [0.25, 0.3) is 0 Å². The Morgan fingerprint density at radius 1 is 1.42 bits per heavy atom. The molecule has 1 aromatic heterocycles. The highest BCUT2D eigenvalue weighted by molar-refractivity contribution is 6.30. The van der Waals surface area contributed by atoms with Gasteiger partial charge in [0.1, 0.15) is 18.4 Å². The van der Waals surface area contributed by atoms with Gasteiger partial charge in [0.05, 0.1) is 6.04 Å². The summed E-state index contributed by atoms with van der Waals surface area (Å²) < 4.78 is 7.74. The normalized spacial score (nSPS) is 18.5. The number of amides is 1. The van der Waals surface area contributed by atoms with Gasteiger partial charge in [0.25, 0.3) is 5.91 Å². The van der Waals surface area contributed by atoms with Gasteiger partial charge in [-0.15, -0.1) is 0 Å². The predicted molar refractivity (Wildman–Crippen MR) is 91.0 cm³/mol. The molecule has 2 aromatic rings. The smallest absolute Gasteiger partial charge is 0.266 e. The summed E-state index contributed by atoms with van der Waals surface area (Å²) in [6, 6.07) is 7.25. The van der Waals surface area contributed by atoms with E-state index in [2.05, 4.69) is 10.1 Å². The van der Waals surface area contributed by atoms with Crippen molar-refractivity contribution in [2.24, 2.45) is 0 Å². The Morgan fingerprint density at radius 2 is 2.25 bits per heavy atom. The van der Waals surface area contributed by atoms with Crippen LogP contribution < -0.4 is 4.74 Å². The van der Waals surface area contributed by atoms with Crippen LogP contribution in [0.15, 0.2) is 36.9 Å². The zero-order valence-corrected chi connectivity index (χ0v) is 14.6. The van der Waals surface area contributed by atoms with E-state index in [1.54, 1.807) is 44.4 Å². The maximum Gasteiger partial charge on any atom is 0.266 e. The molecule has 2 heterocycles. The van der Waals surface area contributed by atoms with Gasteiger partial charge in [0.15, 0.2) is 5.60 Å². The molecule has 1 atom stereocenters. The van der Waals surface area contributed by atoms with Gasteiger partial charge >= 0.3 is 0 Å². The van der Waals surface area contributed by atoms with Gasteiger partial charge in [-0.1, -0.05) is 17.7 Å². The van der Waals surface area contributed by atoms with Crippen LogP contribution in [-0.4, -0.2) is 44.3 Å². The van der Waals surface area contributed by atoms with Gasteiger partial charge in [-0.3, -0.25) is 4.79 Å². The molecule has 0 spiro atoms. The molecular formula is C17H21ClN4O2. The third-order valence-corrected chi connectivity index (χ3v) is 4.41. The average molecular weight is 349 g/mol. The molecule has 0 saturated carbocycles. The van der Waals surface area contributed by atoms with E-state index >= 15 is 0 Å². The van der Waals surface area contributed by atoms with Gasteiger partial charge in [0, 0.05) is 18.1 Å². The summed E-state index contributed by atoms with van der Waals surface area (Å²) in [4.78, 5) is 18.8. The molecule has 0 aliphatic carbocycles. The fourth-order valence-corrected chi connectivity index (χ4v) is 3.19. The van der Waals surface area contributed by atoms with Crippen LogP contribution >= 0.6 is 11.6 Å². The molecule has 128 valence electrons. The second-order valence-electron chi connectivity index (χ2n) is 6.49. The lowest BCUT2D eigenvalue weighted by atomic mass is 10.0. The summed E-state index contributed by atoms with van der Waals surface area (Å²) in [7, 11) is 0. The van der Waals surface area contributed by atoms with Gasteiger partial charge in [-0.05, 0) is 44.9 Å². The molecule has 24 heavy (non-hydrogen) atoms. The van der Waals surface area contributed by atoms with Crippen LogP contribution in [0, 0.1) is 0 Å². The van der Waals surface area contributed by atoms with Crippen molar-refractivity contribution in [2.75, 3.05) is 13.1 Å². The molecule has 0 unspecified atom stereocenters. The molecule has 1 aliphatic heterocycles. The first-order chi connectivity index (χ1) is 11.5. The lowest BCUT2D eigenvalue weighted by Gasteiger charge is -2.37. The molecule has 1 fully saturated rings. The van der Waals surface area contributed by atoms with Crippen molar-refractivity contribution >= 4 is 17.5 Å². The lowest BCUT2D eigenvalue weighted by Crippen LogP contribution is -2.52. The number of piperidine rings is 1. The van der Waals surface area contributed by atoms with E-state index in [1.807, 2.05) is 9.58 Å². The number of carbonyl (C=O) groups is 1. The molecule has 3 rings (SSSR count). The predicted octanol–water partition coefficient (Wildman–Crippen LogP) is 2.95. The standard InChI is InChI=1S/C17H21ClN4O2/c1-17(2,24-15-7-3-5-13(18)9-15)16(23)21-8-4-6-14(10-21)22-12-19-11-20-22/h3,5,7,9,11-12,14H,4,6,8,10H2,1-2H3/t14-/m0/s1. The molecule has 0 N–H and O–H groups in total. The number of hydrogen-bond acceptors (Lipinski definition) is 4. The fraction of sp³-hybridized carbons (Fsp3) is 0.471. The summed E-state index contributed by atoms with van der Waals surface area (Å²) in [6.45, 7) is 4.92. The number of ether oxygens (including phenoxy) is 1. The molecule has 1 aliphatic rings. The van der Waals surface area contributed by atoms with Crippen molar-refractivity contribution in [3.05, 3.63) is 41.9 Å². The number of benzene rings is 1. The minimum atomic E-state index is -0.963. The van der Waals surface area contributed by atoms with Crippen molar-refractivity contribution in [1.82, 2.24) is 19.7 Å². The SMILES string of the molecule is CC(C)(Oc1cccc(Cl)c1)C(=O)N1CCC[C@H](n2cncn2)C1. The first kappa shape index (κ1) is 16.8. The van der Waals surface area contributed by atoms with E-state index in [4.69, 9.17) is 16.3 Å². The van der Waals surface area contributed by atoms with E-state index < -0.39 is 5.60 Å². The number of likely N-dealkylation sites (tertiary alicyclic amines) is 1. The third-order valence-electron chi connectivity index (χ3n) is 4.18. The molecule has 1 amide bonds. The van der Waals surface area contributed by atoms with Crippen LogP contribution in [0.4, 0.5) is 0 Å². The fourth-order valence-electron chi connectivity index (χ4n) is 3.01. The Balaban J connectivity index is 1.69. The maximum absolute atomic E-state index is 12.9. The van der Waals surface area contributed by atoms with E-state index in [-0.39, 0.29) is 11.9 Å². The number of aromatic nitrogens is 3.